The lowest BCUT2D eigenvalue weighted by Gasteiger charge is -2.08. The molecule has 0 radical (unpaired) electrons. The van der Waals surface area contributed by atoms with E-state index in [2.05, 4.69) is 41.5 Å². The molecule has 3 nitrogen and oxygen atoms in total. The summed E-state index contributed by atoms with van der Waals surface area (Å²) in [6.45, 7) is 2.76. The summed E-state index contributed by atoms with van der Waals surface area (Å²) in [7, 11) is 0. The summed E-state index contributed by atoms with van der Waals surface area (Å²) in [6, 6.07) is 10.1. The lowest BCUT2D eigenvalue weighted by molar-refractivity contribution is 0.112. The number of aromatic nitrogens is 1. The summed E-state index contributed by atoms with van der Waals surface area (Å²) in [5.41, 5.74) is 3.82. The Morgan fingerprint density at radius 2 is 2.00 bits per heavy atom. The van der Waals surface area contributed by atoms with Crippen LogP contribution in [-0.4, -0.2) is 11.3 Å². The number of aldehydes is 1. The van der Waals surface area contributed by atoms with Gasteiger partial charge in [0.1, 0.15) is 0 Å². The minimum Gasteiger partial charge on any atom is -0.380 e. The molecule has 0 spiro atoms. The van der Waals surface area contributed by atoms with Crippen LogP contribution in [0.25, 0.3) is 0 Å². The highest BCUT2D eigenvalue weighted by atomic mass is 16.1. The Bertz CT molecular complexity index is 506. The topological polar surface area (TPSA) is 42.0 Å². The van der Waals surface area contributed by atoms with Crippen molar-refractivity contribution >= 4 is 12.0 Å². The Morgan fingerprint density at radius 3 is 2.71 bits per heavy atom. The third-order valence-corrected chi connectivity index (χ3v) is 2.58. The van der Waals surface area contributed by atoms with Crippen molar-refractivity contribution in [1.29, 1.82) is 0 Å². The van der Waals surface area contributed by atoms with Gasteiger partial charge in [0.25, 0.3) is 0 Å². The second-order valence-corrected chi connectivity index (χ2v) is 3.92. The fraction of sp³-hybridized carbons (Fsp3) is 0.143. The molecule has 1 aromatic carbocycles. The van der Waals surface area contributed by atoms with Gasteiger partial charge in [0, 0.05) is 24.6 Å². The Kier molecular flexibility index (Phi) is 3.50. The van der Waals surface area contributed by atoms with E-state index in [-0.39, 0.29) is 0 Å². The summed E-state index contributed by atoms with van der Waals surface area (Å²) in [6.07, 6.45) is 4.04. The van der Waals surface area contributed by atoms with Gasteiger partial charge in [0.2, 0.25) is 0 Å². The Balaban J connectivity index is 2.07. The molecular weight excluding hydrogens is 212 g/mol. The zero-order valence-electron chi connectivity index (χ0n) is 9.68. The Hall–Kier alpha value is -2.16. The van der Waals surface area contributed by atoms with Crippen LogP contribution in [0, 0.1) is 6.92 Å². The fourth-order valence-corrected chi connectivity index (χ4v) is 1.56. The quantitative estimate of drug-likeness (QED) is 0.815. The van der Waals surface area contributed by atoms with E-state index in [0.717, 1.165) is 12.0 Å². The lowest BCUT2D eigenvalue weighted by Crippen LogP contribution is -2.02. The first-order valence-electron chi connectivity index (χ1n) is 5.48. The molecule has 0 unspecified atom stereocenters. The molecule has 0 amide bonds. The second-order valence-electron chi connectivity index (χ2n) is 3.92. The first kappa shape index (κ1) is 11.3. The highest BCUT2D eigenvalue weighted by Gasteiger charge is 2.00. The van der Waals surface area contributed by atoms with Crippen molar-refractivity contribution in [3.8, 4) is 0 Å². The second kappa shape index (κ2) is 5.25. The van der Waals surface area contributed by atoms with Crippen LogP contribution < -0.4 is 5.32 Å². The number of benzene rings is 1. The number of nitrogens with zero attached hydrogens (tertiary/aromatic N) is 1. The van der Waals surface area contributed by atoms with Crippen molar-refractivity contribution in [1.82, 2.24) is 4.98 Å². The van der Waals surface area contributed by atoms with Gasteiger partial charge in [-0.15, -0.1) is 0 Å². The number of carbonyl (C=O) groups excluding carboxylic acids is 1. The molecule has 17 heavy (non-hydrogen) atoms. The zero-order valence-corrected chi connectivity index (χ0v) is 9.68. The summed E-state index contributed by atoms with van der Waals surface area (Å²) >= 11 is 0. The normalized spacial score (nSPS) is 9.94. The molecule has 3 heteroatoms. The van der Waals surface area contributed by atoms with Crippen LogP contribution in [0.4, 0.5) is 5.69 Å². The van der Waals surface area contributed by atoms with Gasteiger partial charge >= 0.3 is 0 Å². The number of rotatable bonds is 4. The van der Waals surface area contributed by atoms with E-state index < -0.39 is 0 Å². The highest BCUT2D eigenvalue weighted by molar-refractivity contribution is 5.83. The summed E-state index contributed by atoms with van der Waals surface area (Å²) < 4.78 is 0. The van der Waals surface area contributed by atoms with E-state index in [4.69, 9.17) is 0 Å². The van der Waals surface area contributed by atoms with Crippen LogP contribution in [0.3, 0.4) is 0 Å². The van der Waals surface area contributed by atoms with Gasteiger partial charge in [-0.2, -0.15) is 0 Å². The summed E-state index contributed by atoms with van der Waals surface area (Å²) in [4.78, 5) is 14.7. The van der Waals surface area contributed by atoms with Gasteiger partial charge in [0.15, 0.2) is 6.29 Å². The molecular formula is C14H14N2O. The van der Waals surface area contributed by atoms with Gasteiger partial charge in [-0.05, 0) is 18.6 Å². The molecule has 1 heterocycles. The molecule has 2 rings (SSSR count). The van der Waals surface area contributed by atoms with Crippen molar-refractivity contribution in [2.75, 3.05) is 5.32 Å². The Morgan fingerprint density at radius 1 is 1.24 bits per heavy atom. The largest absolute Gasteiger partial charge is 0.380 e. The predicted molar refractivity (Wildman–Crippen MR) is 68.1 cm³/mol. The van der Waals surface area contributed by atoms with Crippen LogP contribution in [0.1, 0.15) is 21.5 Å². The number of hydrogen-bond donors (Lipinski definition) is 1. The van der Waals surface area contributed by atoms with E-state index in [0.29, 0.717) is 12.1 Å². The number of nitrogens with one attached hydrogen (secondary N) is 1. The van der Waals surface area contributed by atoms with Gasteiger partial charge in [0.05, 0.1) is 5.56 Å². The average molecular weight is 226 g/mol. The van der Waals surface area contributed by atoms with Gasteiger partial charge in [-0.1, -0.05) is 29.8 Å². The molecule has 86 valence electrons. The van der Waals surface area contributed by atoms with E-state index in [9.17, 15) is 4.79 Å². The van der Waals surface area contributed by atoms with Gasteiger partial charge in [-0.3, -0.25) is 9.78 Å². The number of aryl methyl sites for hydroxylation is 1. The molecule has 1 N–H and O–H groups in total. The van der Waals surface area contributed by atoms with Crippen LogP contribution >= 0.6 is 0 Å². The van der Waals surface area contributed by atoms with Gasteiger partial charge < -0.3 is 5.32 Å². The van der Waals surface area contributed by atoms with Crippen LogP contribution in [-0.2, 0) is 6.54 Å². The fourth-order valence-electron chi connectivity index (χ4n) is 1.56. The third-order valence-electron chi connectivity index (χ3n) is 2.58. The van der Waals surface area contributed by atoms with Gasteiger partial charge in [-0.25, -0.2) is 0 Å². The first-order chi connectivity index (χ1) is 8.29. The van der Waals surface area contributed by atoms with Crippen LogP contribution in [0.15, 0.2) is 42.7 Å². The zero-order chi connectivity index (χ0) is 12.1. The van der Waals surface area contributed by atoms with Crippen molar-refractivity contribution < 1.29 is 4.79 Å². The molecule has 2 aromatic rings. The number of hydrogen-bond acceptors (Lipinski definition) is 3. The smallest absolute Gasteiger partial charge is 0.153 e. The summed E-state index contributed by atoms with van der Waals surface area (Å²) in [5.74, 6) is 0. The van der Waals surface area contributed by atoms with E-state index >= 15 is 0 Å². The van der Waals surface area contributed by atoms with Crippen molar-refractivity contribution in [2.45, 2.75) is 13.5 Å². The van der Waals surface area contributed by atoms with Crippen molar-refractivity contribution in [3.63, 3.8) is 0 Å². The molecule has 0 saturated carbocycles. The number of anilines is 1. The molecule has 0 aliphatic heterocycles. The molecule has 0 aliphatic carbocycles. The molecule has 0 fully saturated rings. The maximum Gasteiger partial charge on any atom is 0.153 e. The standard InChI is InChI=1S/C14H14N2O/c1-11-2-4-12(5-3-11)8-16-14-6-7-15-9-13(14)10-17/h2-7,9-10H,8H2,1H3,(H,15,16). The Labute approximate surface area is 101 Å². The van der Waals surface area contributed by atoms with E-state index in [1.807, 2.05) is 0 Å². The van der Waals surface area contributed by atoms with Crippen molar-refractivity contribution in [2.24, 2.45) is 0 Å². The minimum atomic E-state index is 0.583. The molecule has 0 bridgehead atoms. The van der Waals surface area contributed by atoms with E-state index in [1.165, 1.54) is 11.1 Å². The molecule has 0 saturated heterocycles. The predicted octanol–water partition coefficient (Wildman–Crippen LogP) is 2.81. The number of carbonyl (C=O) groups is 1. The van der Waals surface area contributed by atoms with E-state index in [1.54, 1.807) is 18.5 Å². The molecule has 0 aliphatic rings. The minimum absolute atomic E-state index is 0.583. The third kappa shape index (κ3) is 2.91. The first-order valence-corrected chi connectivity index (χ1v) is 5.48. The maximum absolute atomic E-state index is 10.8. The number of pyridine rings is 1. The lowest BCUT2D eigenvalue weighted by atomic mass is 10.1. The van der Waals surface area contributed by atoms with Crippen LogP contribution in [0.2, 0.25) is 0 Å². The average Bonchev–Trinajstić information content (AvgIpc) is 2.38. The van der Waals surface area contributed by atoms with Crippen LogP contribution in [0.5, 0.6) is 0 Å². The van der Waals surface area contributed by atoms with Crippen molar-refractivity contribution in [3.05, 3.63) is 59.4 Å². The SMILES string of the molecule is Cc1ccc(CNc2ccncc2C=O)cc1. The summed E-state index contributed by atoms with van der Waals surface area (Å²) in [5, 5.41) is 3.23. The molecule has 1 aromatic heterocycles. The highest BCUT2D eigenvalue weighted by Crippen LogP contribution is 2.13. The maximum atomic E-state index is 10.8. The molecule has 0 atom stereocenters. The monoisotopic (exact) mass is 226 g/mol.